The van der Waals surface area contributed by atoms with E-state index in [0.717, 1.165) is 30.2 Å². The lowest BCUT2D eigenvalue weighted by atomic mass is 10.1. The fraction of sp³-hybridized carbons (Fsp3) is 0.389. The summed E-state index contributed by atoms with van der Waals surface area (Å²) in [5, 5.41) is 0. The number of anilines is 1. The number of fused-ring (bicyclic) bond motifs is 1. The van der Waals surface area contributed by atoms with E-state index in [4.69, 9.17) is 0 Å². The lowest BCUT2D eigenvalue weighted by Crippen LogP contribution is -2.33. The molecule has 23 heavy (non-hydrogen) atoms. The number of likely N-dealkylation sites (N-methyl/N-ethyl adjacent to an activating group) is 1. The molecule has 1 aliphatic heterocycles. The Balaban J connectivity index is 1.89. The number of hydrogen-bond acceptors (Lipinski definition) is 4. The van der Waals surface area contributed by atoms with Gasteiger partial charge < -0.3 is 9.80 Å². The summed E-state index contributed by atoms with van der Waals surface area (Å²) in [4.78, 5) is 25.6. The summed E-state index contributed by atoms with van der Waals surface area (Å²) in [5.74, 6) is 1.52. The summed E-state index contributed by atoms with van der Waals surface area (Å²) in [6, 6.07) is 8.31. The maximum absolute atomic E-state index is 12.9. The minimum atomic E-state index is 0.00702. The van der Waals surface area contributed by atoms with Crippen LogP contribution < -0.4 is 4.90 Å². The Bertz CT molecular complexity index is 711. The van der Waals surface area contributed by atoms with Crippen LogP contribution in [0.15, 0.2) is 30.5 Å². The number of aromatic nitrogens is 2. The minimum Gasteiger partial charge on any atom is -0.357 e. The molecule has 5 heteroatoms. The van der Waals surface area contributed by atoms with Crippen LogP contribution in [0.25, 0.3) is 0 Å². The zero-order chi connectivity index (χ0) is 16.4. The smallest absolute Gasteiger partial charge is 0.259 e. The van der Waals surface area contributed by atoms with E-state index in [1.807, 2.05) is 23.8 Å². The molecule has 5 nitrogen and oxygen atoms in total. The molecule has 0 unspecified atom stereocenters. The van der Waals surface area contributed by atoms with E-state index in [-0.39, 0.29) is 5.91 Å². The third-order valence-electron chi connectivity index (χ3n) is 4.21. The first-order valence-electron chi connectivity index (χ1n) is 8.00. The van der Waals surface area contributed by atoms with E-state index in [9.17, 15) is 4.79 Å². The molecule has 0 fully saturated rings. The van der Waals surface area contributed by atoms with Gasteiger partial charge in [0.2, 0.25) is 0 Å². The van der Waals surface area contributed by atoms with Gasteiger partial charge in [0.1, 0.15) is 17.2 Å². The summed E-state index contributed by atoms with van der Waals surface area (Å²) in [5.41, 5.74) is 2.96. The largest absolute Gasteiger partial charge is 0.357 e. The maximum atomic E-state index is 12.9. The van der Waals surface area contributed by atoms with Gasteiger partial charge in [-0.2, -0.15) is 0 Å². The van der Waals surface area contributed by atoms with Crippen LogP contribution in [-0.4, -0.2) is 40.9 Å². The molecule has 1 aliphatic rings. The van der Waals surface area contributed by atoms with Crippen LogP contribution in [-0.2, 0) is 13.0 Å². The average Bonchev–Trinajstić information content (AvgIpc) is 2.69. The molecule has 0 saturated heterocycles. The monoisotopic (exact) mass is 310 g/mol. The van der Waals surface area contributed by atoms with E-state index in [2.05, 4.69) is 41.2 Å². The molecular formula is C18H22N4O. The Morgan fingerprint density at radius 2 is 1.91 bits per heavy atom. The average molecular weight is 310 g/mol. The highest BCUT2D eigenvalue weighted by atomic mass is 16.2. The first kappa shape index (κ1) is 15.5. The van der Waals surface area contributed by atoms with Crippen molar-refractivity contribution >= 4 is 11.7 Å². The number of carbonyl (C=O) groups excluding carboxylic acids is 1. The molecule has 2 heterocycles. The summed E-state index contributed by atoms with van der Waals surface area (Å²) >= 11 is 0. The molecule has 0 atom stereocenters. The van der Waals surface area contributed by atoms with Gasteiger partial charge >= 0.3 is 0 Å². The lowest BCUT2D eigenvalue weighted by molar-refractivity contribution is 0.0754. The van der Waals surface area contributed by atoms with E-state index in [1.165, 1.54) is 5.56 Å². The van der Waals surface area contributed by atoms with E-state index >= 15 is 0 Å². The Kier molecular flexibility index (Phi) is 4.28. The van der Waals surface area contributed by atoms with Gasteiger partial charge in [0.25, 0.3) is 5.91 Å². The number of hydrogen-bond donors (Lipinski definition) is 0. The van der Waals surface area contributed by atoms with Crippen molar-refractivity contribution in [3.8, 4) is 0 Å². The predicted molar refractivity (Wildman–Crippen MR) is 90.6 cm³/mol. The molecule has 0 bridgehead atoms. The molecule has 0 spiro atoms. The standard InChI is InChI=1S/C18H22N4O/c1-4-16-19-11-15-17(20-16)21(3)9-10-22(18(15)23)12-14-7-5-13(2)6-8-14/h5-8,11H,4,9-10,12H2,1-3H3. The van der Waals surface area contributed by atoms with Gasteiger partial charge in [0.05, 0.1) is 0 Å². The SMILES string of the molecule is CCc1ncc2c(n1)N(C)CCN(Cc1ccc(C)cc1)C2=O. The Morgan fingerprint density at radius 3 is 2.61 bits per heavy atom. The second kappa shape index (κ2) is 6.36. The summed E-state index contributed by atoms with van der Waals surface area (Å²) < 4.78 is 0. The second-order valence-corrected chi connectivity index (χ2v) is 6.01. The molecule has 1 amide bonds. The zero-order valence-electron chi connectivity index (χ0n) is 13.9. The molecule has 1 aromatic heterocycles. The highest BCUT2D eigenvalue weighted by Gasteiger charge is 2.26. The molecule has 3 rings (SSSR count). The lowest BCUT2D eigenvalue weighted by Gasteiger charge is -2.21. The van der Waals surface area contributed by atoms with Crippen molar-refractivity contribution in [3.63, 3.8) is 0 Å². The van der Waals surface area contributed by atoms with Crippen LogP contribution in [0.5, 0.6) is 0 Å². The van der Waals surface area contributed by atoms with E-state index < -0.39 is 0 Å². The van der Waals surface area contributed by atoms with Crippen molar-refractivity contribution in [2.75, 3.05) is 25.0 Å². The van der Waals surface area contributed by atoms with Crippen molar-refractivity contribution in [3.05, 3.63) is 53.0 Å². The fourth-order valence-corrected chi connectivity index (χ4v) is 2.73. The first-order valence-corrected chi connectivity index (χ1v) is 8.00. The van der Waals surface area contributed by atoms with Crippen LogP contribution in [0.2, 0.25) is 0 Å². The van der Waals surface area contributed by atoms with Crippen molar-refractivity contribution in [2.45, 2.75) is 26.8 Å². The molecule has 1 aromatic carbocycles. The number of carbonyl (C=O) groups is 1. The number of nitrogens with zero attached hydrogens (tertiary/aromatic N) is 4. The molecule has 0 saturated carbocycles. The third-order valence-corrected chi connectivity index (χ3v) is 4.21. The number of rotatable bonds is 3. The first-order chi connectivity index (χ1) is 11.1. The van der Waals surface area contributed by atoms with E-state index in [0.29, 0.717) is 18.7 Å². The summed E-state index contributed by atoms with van der Waals surface area (Å²) in [6.45, 7) is 6.15. The van der Waals surface area contributed by atoms with Gasteiger partial charge in [-0.15, -0.1) is 0 Å². The highest BCUT2D eigenvalue weighted by molar-refractivity contribution is 5.99. The number of amides is 1. The van der Waals surface area contributed by atoms with Crippen molar-refractivity contribution in [1.29, 1.82) is 0 Å². The third kappa shape index (κ3) is 3.18. The molecule has 0 aliphatic carbocycles. The Morgan fingerprint density at radius 1 is 1.17 bits per heavy atom. The number of benzene rings is 1. The van der Waals surface area contributed by atoms with Gasteiger partial charge in [-0.3, -0.25) is 4.79 Å². The van der Waals surface area contributed by atoms with Gasteiger partial charge in [0.15, 0.2) is 0 Å². The van der Waals surface area contributed by atoms with Crippen molar-refractivity contribution in [2.24, 2.45) is 0 Å². The Hall–Kier alpha value is -2.43. The van der Waals surface area contributed by atoms with Crippen LogP contribution in [0.4, 0.5) is 5.82 Å². The molecule has 0 radical (unpaired) electrons. The van der Waals surface area contributed by atoms with Crippen molar-refractivity contribution in [1.82, 2.24) is 14.9 Å². The van der Waals surface area contributed by atoms with Crippen LogP contribution in [0.3, 0.4) is 0 Å². The van der Waals surface area contributed by atoms with E-state index in [1.54, 1.807) is 6.20 Å². The topological polar surface area (TPSA) is 49.3 Å². The normalized spacial score (nSPS) is 14.7. The minimum absolute atomic E-state index is 0.00702. The van der Waals surface area contributed by atoms with Crippen LogP contribution in [0, 0.1) is 6.92 Å². The molecular weight excluding hydrogens is 288 g/mol. The van der Waals surface area contributed by atoms with Crippen molar-refractivity contribution < 1.29 is 4.79 Å². The number of aryl methyl sites for hydroxylation is 2. The fourth-order valence-electron chi connectivity index (χ4n) is 2.73. The van der Waals surface area contributed by atoms with Gasteiger partial charge in [0, 0.05) is 39.3 Å². The van der Waals surface area contributed by atoms with Gasteiger partial charge in [-0.1, -0.05) is 36.8 Å². The molecule has 120 valence electrons. The predicted octanol–water partition coefficient (Wildman–Crippen LogP) is 2.44. The van der Waals surface area contributed by atoms with Crippen LogP contribution in [0.1, 0.15) is 34.2 Å². The highest BCUT2D eigenvalue weighted by Crippen LogP contribution is 2.22. The summed E-state index contributed by atoms with van der Waals surface area (Å²) in [6.07, 6.45) is 2.44. The Labute approximate surface area is 137 Å². The quantitative estimate of drug-likeness (QED) is 0.874. The summed E-state index contributed by atoms with van der Waals surface area (Å²) in [7, 11) is 1.98. The van der Waals surface area contributed by atoms with Crippen LogP contribution >= 0.6 is 0 Å². The zero-order valence-corrected chi connectivity index (χ0v) is 13.9. The van der Waals surface area contributed by atoms with Gasteiger partial charge in [-0.05, 0) is 12.5 Å². The second-order valence-electron chi connectivity index (χ2n) is 6.01. The maximum Gasteiger partial charge on any atom is 0.259 e. The van der Waals surface area contributed by atoms with Gasteiger partial charge in [-0.25, -0.2) is 9.97 Å². The molecule has 2 aromatic rings. The molecule has 0 N–H and O–H groups in total.